The van der Waals surface area contributed by atoms with Crippen LogP contribution in [0.3, 0.4) is 0 Å². The third-order valence-electron chi connectivity index (χ3n) is 6.37. The first-order valence-electron chi connectivity index (χ1n) is 12.1. The number of carbonyl (C=O) groups is 1. The number of aromatic nitrogens is 3. The first-order chi connectivity index (χ1) is 17.8. The summed E-state index contributed by atoms with van der Waals surface area (Å²) in [6, 6.07) is 8.97. The van der Waals surface area contributed by atoms with E-state index in [-0.39, 0.29) is 5.91 Å². The van der Waals surface area contributed by atoms with Crippen molar-refractivity contribution in [1.29, 1.82) is 0 Å². The molecule has 1 aliphatic rings. The van der Waals surface area contributed by atoms with Crippen LogP contribution >= 0.6 is 11.8 Å². The van der Waals surface area contributed by atoms with Gasteiger partial charge < -0.3 is 24.8 Å². The SMILES string of the molecule is CCCSc1nc2n(n1)C(c1cc(OC)c(OC)c(OC)c1)C(C(=O)Nc1cccc(C)c1C)=C(C)N2. The minimum atomic E-state index is -0.585. The molecule has 0 saturated heterocycles. The Morgan fingerprint density at radius 1 is 1.11 bits per heavy atom. The first kappa shape index (κ1) is 26.4. The van der Waals surface area contributed by atoms with Crippen LogP contribution in [0.2, 0.25) is 0 Å². The number of thioether (sulfide) groups is 1. The number of carbonyl (C=O) groups excluding carboxylic acids is 1. The van der Waals surface area contributed by atoms with Gasteiger partial charge in [-0.3, -0.25) is 4.79 Å². The second-order valence-corrected chi connectivity index (χ2v) is 9.80. The number of anilines is 2. The number of amides is 1. The summed E-state index contributed by atoms with van der Waals surface area (Å²) in [5.74, 6) is 2.68. The maximum absolute atomic E-state index is 13.9. The van der Waals surface area contributed by atoms with Crippen LogP contribution in [0.4, 0.5) is 11.6 Å². The lowest BCUT2D eigenvalue weighted by molar-refractivity contribution is -0.113. The molecule has 37 heavy (non-hydrogen) atoms. The molecule has 0 spiro atoms. The van der Waals surface area contributed by atoms with Crippen LogP contribution in [0.15, 0.2) is 46.8 Å². The van der Waals surface area contributed by atoms with Gasteiger partial charge in [0.25, 0.3) is 5.91 Å². The quantitative estimate of drug-likeness (QED) is 0.362. The number of hydrogen-bond donors (Lipinski definition) is 2. The van der Waals surface area contributed by atoms with Gasteiger partial charge in [-0.05, 0) is 62.1 Å². The van der Waals surface area contributed by atoms with E-state index in [0.29, 0.717) is 39.6 Å². The zero-order valence-corrected chi connectivity index (χ0v) is 23.1. The monoisotopic (exact) mass is 523 g/mol. The highest BCUT2D eigenvalue weighted by Gasteiger charge is 2.36. The van der Waals surface area contributed by atoms with Crippen molar-refractivity contribution in [3.05, 3.63) is 58.3 Å². The van der Waals surface area contributed by atoms with E-state index < -0.39 is 6.04 Å². The number of nitrogens with one attached hydrogen (secondary N) is 2. The molecule has 10 heteroatoms. The third-order valence-corrected chi connectivity index (χ3v) is 7.41. The Kier molecular flexibility index (Phi) is 7.97. The maximum Gasteiger partial charge on any atom is 0.255 e. The van der Waals surface area contributed by atoms with E-state index in [9.17, 15) is 4.79 Å². The number of allylic oxidation sites excluding steroid dienone is 1. The van der Waals surface area contributed by atoms with Crippen molar-refractivity contribution < 1.29 is 19.0 Å². The summed E-state index contributed by atoms with van der Waals surface area (Å²) < 4.78 is 18.5. The van der Waals surface area contributed by atoms with E-state index in [2.05, 4.69) is 22.5 Å². The summed E-state index contributed by atoms with van der Waals surface area (Å²) in [6.45, 7) is 8.00. The number of fused-ring (bicyclic) bond motifs is 1. The molecule has 1 aliphatic heterocycles. The van der Waals surface area contributed by atoms with Crippen molar-refractivity contribution in [3.8, 4) is 17.2 Å². The molecule has 0 aliphatic carbocycles. The highest BCUT2D eigenvalue weighted by molar-refractivity contribution is 7.99. The molecule has 9 nitrogen and oxygen atoms in total. The van der Waals surface area contributed by atoms with Gasteiger partial charge in [-0.25, -0.2) is 4.68 Å². The molecule has 2 aromatic carbocycles. The lowest BCUT2D eigenvalue weighted by atomic mass is 9.94. The Balaban J connectivity index is 1.86. The predicted octanol–water partition coefficient (Wildman–Crippen LogP) is 5.35. The second-order valence-electron chi connectivity index (χ2n) is 8.74. The third kappa shape index (κ3) is 5.11. The van der Waals surface area contributed by atoms with Gasteiger partial charge in [0, 0.05) is 17.1 Å². The Morgan fingerprint density at radius 2 is 1.81 bits per heavy atom. The number of ether oxygens (including phenoxy) is 3. The van der Waals surface area contributed by atoms with E-state index in [1.165, 1.54) is 0 Å². The number of methoxy groups -OCH3 is 3. The van der Waals surface area contributed by atoms with Crippen LogP contribution in [-0.4, -0.2) is 47.8 Å². The average molecular weight is 524 g/mol. The van der Waals surface area contributed by atoms with Crippen molar-refractivity contribution in [2.45, 2.75) is 45.3 Å². The summed E-state index contributed by atoms with van der Waals surface area (Å²) in [4.78, 5) is 18.6. The van der Waals surface area contributed by atoms with Crippen molar-refractivity contribution in [2.24, 2.45) is 0 Å². The standard InChI is InChI=1S/C27H33N5O4S/c1-8-12-37-27-30-26-28-17(4)22(25(33)29-19-11-9-10-15(2)16(19)3)23(32(26)31-27)18-13-20(34-5)24(36-7)21(14-18)35-6/h9-11,13-14,23H,8,12H2,1-7H3,(H,29,33)(H,28,30,31). The molecule has 0 saturated carbocycles. The molecule has 196 valence electrons. The highest BCUT2D eigenvalue weighted by Crippen LogP contribution is 2.44. The van der Waals surface area contributed by atoms with E-state index in [4.69, 9.17) is 19.3 Å². The maximum atomic E-state index is 13.9. The number of nitrogens with zero attached hydrogens (tertiary/aromatic N) is 3. The molecule has 2 N–H and O–H groups in total. The van der Waals surface area contributed by atoms with E-state index in [0.717, 1.165) is 34.6 Å². The number of aryl methyl sites for hydroxylation is 1. The van der Waals surface area contributed by atoms with Crippen LogP contribution in [0, 0.1) is 13.8 Å². The van der Waals surface area contributed by atoms with Gasteiger partial charge in [0.15, 0.2) is 11.5 Å². The van der Waals surface area contributed by atoms with Gasteiger partial charge >= 0.3 is 0 Å². The Morgan fingerprint density at radius 3 is 2.43 bits per heavy atom. The second kappa shape index (κ2) is 11.2. The molecule has 2 heterocycles. The molecular formula is C27H33N5O4S. The Hall–Kier alpha value is -3.66. The number of benzene rings is 2. The van der Waals surface area contributed by atoms with E-state index >= 15 is 0 Å². The van der Waals surface area contributed by atoms with E-state index in [1.54, 1.807) is 37.8 Å². The number of rotatable bonds is 9. The summed E-state index contributed by atoms with van der Waals surface area (Å²) in [5.41, 5.74) is 4.83. The Labute approximate surface area is 221 Å². The topological polar surface area (TPSA) is 99.5 Å². The molecule has 4 rings (SSSR count). The molecule has 1 atom stereocenters. The molecule has 0 radical (unpaired) electrons. The van der Waals surface area contributed by atoms with Crippen molar-refractivity contribution in [2.75, 3.05) is 37.7 Å². The first-order valence-corrected chi connectivity index (χ1v) is 13.1. The molecule has 1 amide bonds. The normalized spacial score (nSPS) is 14.6. The smallest absolute Gasteiger partial charge is 0.255 e. The fourth-order valence-corrected chi connectivity index (χ4v) is 5.01. The van der Waals surface area contributed by atoms with Gasteiger partial charge in [-0.2, -0.15) is 4.98 Å². The molecule has 0 bridgehead atoms. The van der Waals surface area contributed by atoms with Crippen molar-refractivity contribution in [3.63, 3.8) is 0 Å². The van der Waals surface area contributed by atoms with Gasteiger partial charge in [0.05, 0.1) is 26.9 Å². The largest absolute Gasteiger partial charge is 0.493 e. The van der Waals surface area contributed by atoms with Crippen molar-refractivity contribution >= 4 is 29.3 Å². The van der Waals surface area contributed by atoms with Crippen LogP contribution in [0.5, 0.6) is 17.2 Å². The lowest BCUT2D eigenvalue weighted by Crippen LogP contribution is -2.31. The molecule has 3 aromatic rings. The van der Waals surface area contributed by atoms with Crippen molar-refractivity contribution in [1.82, 2.24) is 14.8 Å². The highest BCUT2D eigenvalue weighted by atomic mass is 32.2. The zero-order chi connectivity index (χ0) is 26.7. The predicted molar refractivity (Wildman–Crippen MR) is 146 cm³/mol. The minimum Gasteiger partial charge on any atom is -0.493 e. The fourth-order valence-electron chi connectivity index (χ4n) is 4.32. The average Bonchev–Trinajstić information content (AvgIpc) is 3.30. The molecule has 0 fully saturated rings. The van der Waals surface area contributed by atoms with Gasteiger partial charge in [-0.15, -0.1) is 5.10 Å². The lowest BCUT2D eigenvalue weighted by Gasteiger charge is -2.29. The summed E-state index contributed by atoms with van der Waals surface area (Å²) >= 11 is 1.58. The van der Waals surface area contributed by atoms with Crippen LogP contribution in [0.25, 0.3) is 0 Å². The van der Waals surface area contributed by atoms with Gasteiger partial charge in [0.1, 0.15) is 6.04 Å². The molecule has 1 aromatic heterocycles. The van der Waals surface area contributed by atoms with E-state index in [1.807, 2.05) is 51.1 Å². The molecular weight excluding hydrogens is 490 g/mol. The van der Waals surface area contributed by atoms with Crippen LogP contribution in [0.1, 0.15) is 43.0 Å². The summed E-state index contributed by atoms with van der Waals surface area (Å²) in [7, 11) is 4.70. The van der Waals surface area contributed by atoms with Crippen LogP contribution < -0.4 is 24.8 Å². The van der Waals surface area contributed by atoms with Gasteiger partial charge in [0.2, 0.25) is 16.9 Å². The minimum absolute atomic E-state index is 0.235. The fraction of sp³-hybridized carbons (Fsp3) is 0.370. The zero-order valence-electron chi connectivity index (χ0n) is 22.3. The summed E-state index contributed by atoms with van der Waals surface area (Å²) in [6.07, 6.45) is 0.999. The number of hydrogen-bond acceptors (Lipinski definition) is 8. The van der Waals surface area contributed by atoms with Crippen LogP contribution in [-0.2, 0) is 4.79 Å². The summed E-state index contributed by atoms with van der Waals surface area (Å²) in [5, 5.41) is 11.8. The van der Waals surface area contributed by atoms with Gasteiger partial charge in [-0.1, -0.05) is 30.8 Å². The molecule has 1 unspecified atom stereocenters. The Bertz CT molecular complexity index is 1330.